The monoisotopic (exact) mass is 462 g/mol. The zero-order valence-electron chi connectivity index (χ0n) is 16.5. The molecule has 0 saturated heterocycles. The first kappa shape index (κ1) is 21.2. The molecule has 1 fully saturated rings. The summed E-state index contributed by atoms with van der Waals surface area (Å²) in [4.78, 5) is 12.4. The van der Waals surface area contributed by atoms with Crippen LogP contribution in [-0.2, 0) is 0 Å². The maximum Gasteiger partial charge on any atom is 0.252 e. The van der Waals surface area contributed by atoms with Crippen molar-refractivity contribution in [3.8, 4) is 0 Å². The zero-order valence-corrected chi connectivity index (χ0v) is 18.8. The van der Waals surface area contributed by atoms with Gasteiger partial charge in [-0.2, -0.15) is 0 Å². The average molecular weight is 464 g/mol. The van der Waals surface area contributed by atoms with Crippen LogP contribution >= 0.6 is 27.5 Å². The number of hydrogen-bond donors (Lipinski definition) is 2. The van der Waals surface area contributed by atoms with E-state index in [1.165, 1.54) is 12.8 Å². The lowest BCUT2D eigenvalue weighted by Crippen LogP contribution is -2.42. The molecule has 3 rings (SSSR count). The van der Waals surface area contributed by atoms with Gasteiger partial charge in [-0.1, -0.05) is 23.7 Å². The third-order valence-corrected chi connectivity index (χ3v) is 6.79. The fourth-order valence-corrected chi connectivity index (χ4v) is 4.66. The van der Waals surface area contributed by atoms with E-state index in [2.05, 4.69) is 40.4 Å². The molecular weight excluding hydrogens is 436 g/mol. The molecule has 28 heavy (non-hydrogen) atoms. The van der Waals surface area contributed by atoms with Crippen LogP contribution in [0.4, 0.5) is 5.69 Å². The summed E-state index contributed by atoms with van der Waals surface area (Å²) in [5.74, 6) is 1.16. The summed E-state index contributed by atoms with van der Waals surface area (Å²) in [5.41, 5.74) is 1.83. The van der Waals surface area contributed by atoms with E-state index in [-0.39, 0.29) is 11.4 Å². The minimum Gasteiger partial charge on any atom is -0.380 e. The summed E-state index contributed by atoms with van der Waals surface area (Å²) >= 11 is 9.44. The van der Waals surface area contributed by atoms with Gasteiger partial charge < -0.3 is 10.6 Å². The first-order valence-electron chi connectivity index (χ1n) is 9.91. The fraction of sp³-hybridized carbons (Fsp3) is 0.435. The number of nitrogens with one attached hydrogen (secondary N) is 2. The Bertz CT molecular complexity index is 799. The standard InChI is InChI=1S/C23H28BrClN2O/c1-23(2,27-19-13-11-18(25)12-14-19)17-9-7-16(8-10-17)15-26-22(28)20-5-3-4-6-21(20)24/h3-6,11-14,16-17,27H,7-10,15H2,1-2H3,(H,26,28). The highest BCUT2D eigenvalue weighted by atomic mass is 79.9. The second kappa shape index (κ2) is 9.32. The SMILES string of the molecule is CC(C)(Nc1ccc(Cl)cc1)C1CCC(CNC(=O)c2ccccc2Br)CC1. The van der Waals surface area contributed by atoms with E-state index in [4.69, 9.17) is 11.6 Å². The van der Waals surface area contributed by atoms with E-state index < -0.39 is 0 Å². The summed E-state index contributed by atoms with van der Waals surface area (Å²) < 4.78 is 0.839. The van der Waals surface area contributed by atoms with Gasteiger partial charge in [-0.05, 0) is 104 Å². The van der Waals surface area contributed by atoms with Gasteiger partial charge in [-0.25, -0.2) is 0 Å². The molecule has 2 N–H and O–H groups in total. The molecule has 1 aliphatic rings. The van der Waals surface area contributed by atoms with Gasteiger partial charge in [0.1, 0.15) is 0 Å². The lowest BCUT2D eigenvalue weighted by Gasteiger charge is -2.40. The Morgan fingerprint density at radius 3 is 2.36 bits per heavy atom. The van der Waals surface area contributed by atoms with Crippen LogP contribution in [0.1, 0.15) is 49.9 Å². The van der Waals surface area contributed by atoms with Crippen molar-refractivity contribution in [3.05, 3.63) is 63.6 Å². The van der Waals surface area contributed by atoms with Gasteiger partial charge in [0.15, 0.2) is 0 Å². The van der Waals surface area contributed by atoms with E-state index in [9.17, 15) is 4.79 Å². The van der Waals surface area contributed by atoms with Crippen molar-refractivity contribution >= 4 is 39.1 Å². The highest BCUT2D eigenvalue weighted by Crippen LogP contribution is 2.37. The molecule has 0 spiro atoms. The van der Waals surface area contributed by atoms with Crippen molar-refractivity contribution in [1.82, 2.24) is 5.32 Å². The molecule has 2 aromatic rings. The van der Waals surface area contributed by atoms with Gasteiger partial charge in [0, 0.05) is 27.3 Å². The minimum atomic E-state index is -0.000617. The van der Waals surface area contributed by atoms with E-state index in [0.29, 0.717) is 17.4 Å². The molecule has 1 amide bonds. The van der Waals surface area contributed by atoms with Crippen LogP contribution in [0.3, 0.4) is 0 Å². The van der Waals surface area contributed by atoms with Crippen LogP contribution in [0.2, 0.25) is 5.02 Å². The van der Waals surface area contributed by atoms with Gasteiger partial charge in [-0.15, -0.1) is 0 Å². The predicted molar refractivity (Wildman–Crippen MR) is 121 cm³/mol. The highest BCUT2D eigenvalue weighted by Gasteiger charge is 2.33. The van der Waals surface area contributed by atoms with Crippen molar-refractivity contribution in [2.75, 3.05) is 11.9 Å². The topological polar surface area (TPSA) is 41.1 Å². The molecule has 1 aliphatic carbocycles. The van der Waals surface area contributed by atoms with Crippen molar-refractivity contribution in [2.45, 2.75) is 45.1 Å². The van der Waals surface area contributed by atoms with Crippen molar-refractivity contribution in [2.24, 2.45) is 11.8 Å². The smallest absolute Gasteiger partial charge is 0.252 e. The number of rotatable bonds is 6. The fourth-order valence-electron chi connectivity index (χ4n) is 4.07. The van der Waals surface area contributed by atoms with Crippen LogP contribution < -0.4 is 10.6 Å². The second-order valence-electron chi connectivity index (χ2n) is 8.26. The first-order valence-corrected chi connectivity index (χ1v) is 11.1. The van der Waals surface area contributed by atoms with E-state index in [1.54, 1.807) is 0 Å². The lowest BCUT2D eigenvalue weighted by molar-refractivity contribution is 0.0938. The molecule has 0 bridgehead atoms. The Labute approximate surface area is 181 Å². The average Bonchev–Trinajstić information content (AvgIpc) is 2.68. The number of halogens is 2. The summed E-state index contributed by atoms with van der Waals surface area (Å²) in [6.07, 6.45) is 4.63. The molecule has 0 radical (unpaired) electrons. The molecule has 1 saturated carbocycles. The van der Waals surface area contributed by atoms with E-state index in [1.807, 2.05) is 48.5 Å². The molecule has 0 atom stereocenters. The minimum absolute atomic E-state index is 0.000617. The van der Waals surface area contributed by atoms with Crippen LogP contribution in [0.15, 0.2) is 53.0 Å². The third kappa shape index (κ3) is 5.51. The maximum absolute atomic E-state index is 12.4. The van der Waals surface area contributed by atoms with Crippen LogP contribution in [-0.4, -0.2) is 18.0 Å². The Hall–Kier alpha value is -1.52. The number of benzene rings is 2. The van der Waals surface area contributed by atoms with Gasteiger partial charge in [0.2, 0.25) is 0 Å². The van der Waals surface area contributed by atoms with Crippen LogP contribution in [0.5, 0.6) is 0 Å². The van der Waals surface area contributed by atoms with Gasteiger partial charge in [0.05, 0.1) is 5.56 Å². The normalized spacial score (nSPS) is 19.9. The van der Waals surface area contributed by atoms with E-state index in [0.717, 1.165) is 34.6 Å². The molecule has 0 unspecified atom stereocenters. The quantitative estimate of drug-likeness (QED) is 0.511. The summed E-state index contributed by atoms with van der Waals surface area (Å²) in [6.45, 7) is 5.31. The zero-order chi connectivity index (χ0) is 20.1. The molecule has 3 nitrogen and oxygen atoms in total. The van der Waals surface area contributed by atoms with Gasteiger partial charge in [-0.3, -0.25) is 4.79 Å². The molecule has 0 heterocycles. The molecule has 150 valence electrons. The molecule has 2 aromatic carbocycles. The summed E-state index contributed by atoms with van der Waals surface area (Å²) in [5, 5.41) is 7.54. The Morgan fingerprint density at radius 2 is 1.71 bits per heavy atom. The highest BCUT2D eigenvalue weighted by molar-refractivity contribution is 9.10. The first-order chi connectivity index (χ1) is 13.3. The Kier molecular flexibility index (Phi) is 7.05. The van der Waals surface area contributed by atoms with Crippen molar-refractivity contribution in [1.29, 1.82) is 0 Å². The van der Waals surface area contributed by atoms with E-state index >= 15 is 0 Å². The summed E-state index contributed by atoms with van der Waals surface area (Å²) in [7, 11) is 0. The molecule has 5 heteroatoms. The van der Waals surface area contributed by atoms with Crippen molar-refractivity contribution < 1.29 is 4.79 Å². The van der Waals surface area contributed by atoms with Gasteiger partial charge >= 0.3 is 0 Å². The summed E-state index contributed by atoms with van der Waals surface area (Å²) in [6, 6.07) is 15.5. The Balaban J connectivity index is 1.48. The number of carbonyl (C=O) groups is 1. The van der Waals surface area contributed by atoms with Crippen LogP contribution in [0.25, 0.3) is 0 Å². The van der Waals surface area contributed by atoms with Crippen molar-refractivity contribution in [3.63, 3.8) is 0 Å². The molecule has 0 aliphatic heterocycles. The molecule has 0 aromatic heterocycles. The number of amides is 1. The third-order valence-electron chi connectivity index (χ3n) is 5.85. The maximum atomic E-state index is 12.4. The number of hydrogen-bond acceptors (Lipinski definition) is 2. The second-order valence-corrected chi connectivity index (χ2v) is 9.55. The largest absolute Gasteiger partial charge is 0.380 e. The predicted octanol–water partition coefficient (Wildman–Crippen LogP) is 6.53. The number of anilines is 1. The van der Waals surface area contributed by atoms with Gasteiger partial charge in [0.25, 0.3) is 5.91 Å². The number of carbonyl (C=O) groups excluding carboxylic acids is 1. The lowest BCUT2D eigenvalue weighted by atomic mass is 9.73. The Morgan fingerprint density at radius 1 is 1.07 bits per heavy atom. The molecular formula is C23H28BrClN2O. The van der Waals surface area contributed by atoms with Crippen LogP contribution in [0, 0.1) is 11.8 Å².